The Hall–Kier alpha value is -1.12. The smallest absolute Gasteiger partial charge is 0.214 e. The fourth-order valence-electron chi connectivity index (χ4n) is 3.05. The number of hydrogen-bond acceptors (Lipinski definition) is 6. The second-order valence-electron chi connectivity index (χ2n) is 5.42. The minimum atomic E-state index is -3.09. The quantitative estimate of drug-likeness (QED) is 0.858. The van der Waals surface area contributed by atoms with E-state index < -0.39 is 10.0 Å². The topological polar surface area (TPSA) is 92.4 Å². The molecule has 2 saturated heterocycles. The van der Waals surface area contributed by atoms with Gasteiger partial charge in [-0.25, -0.2) is 18.4 Å². The van der Waals surface area contributed by atoms with E-state index in [9.17, 15) is 8.42 Å². The maximum absolute atomic E-state index is 12.1. The Bertz CT molecular complexity index is 639. The van der Waals surface area contributed by atoms with Crippen LogP contribution in [0.15, 0.2) is 6.33 Å². The first-order chi connectivity index (χ1) is 9.99. The predicted molar refractivity (Wildman–Crippen MR) is 81.8 cm³/mol. The van der Waals surface area contributed by atoms with Crippen molar-refractivity contribution in [3.8, 4) is 0 Å². The Kier molecular flexibility index (Phi) is 3.94. The molecule has 1 atom stereocenters. The van der Waals surface area contributed by atoms with E-state index in [1.54, 1.807) is 4.31 Å². The van der Waals surface area contributed by atoms with Crippen LogP contribution in [0, 0.1) is 0 Å². The highest BCUT2D eigenvalue weighted by Crippen LogP contribution is 2.31. The van der Waals surface area contributed by atoms with E-state index in [1.807, 2.05) is 4.90 Å². The Morgan fingerprint density at radius 3 is 2.81 bits per heavy atom. The van der Waals surface area contributed by atoms with E-state index in [4.69, 9.17) is 17.3 Å². The third kappa shape index (κ3) is 2.79. The monoisotopic (exact) mass is 331 g/mol. The minimum absolute atomic E-state index is 0.0153. The lowest BCUT2D eigenvalue weighted by Gasteiger charge is -2.37. The van der Waals surface area contributed by atoms with E-state index in [-0.39, 0.29) is 17.6 Å². The van der Waals surface area contributed by atoms with Crippen molar-refractivity contribution in [1.82, 2.24) is 14.3 Å². The molecule has 9 heteroatoms. The number of hydrogen-bond donors (Lipinski definition) is 1. The van der Waals surface area contributed by atoms with Crippen LogP contribution in [0.1, 0.15) is 19.3 Å². The van der Waals surface area contributed by atoms with Crippen LogP contribution >= 0.6 is 11.6 Å². The van der Waals surface area contributed by atoms with Gasteiger partial charge in [-0.15, -0.1) is 0 Å². The molecule has 2 fully saturated rings. The molecule has 0 radical (unpaired) electrons. The zero-order chi connectivity index (χ0) is 15.0. The van der Waals surface area contributed by atoms with Gasteiger partial charge in [-0.2, -0.15) is 4.31 Å². The third-order valence-electron chi connectivity index (χ3n) is 4.04. The Labute approximate surface area is 129 Å². The van der Waals surface area contributed by atoms with Gasteiger partial charge < -0.3 is 10.6 Å². The Balaban J connectivity index is 1.82. The number of nitrogens with zero attached hydrogens (tertiary/aromatic N) is 4. The first-order valence-corrected chi connectivity index (χ1v) is 8.98. The molecule has 7 nitrogen and oxygen atoms in total. The summed E-state index contributed by atoms with van der Waals surface area (Å²) >= 11 is 6.17. The number of aromatic nitrogens is 2. The van der Waals surface area contributed by atoms with Crippen molar-refractivity contribution in [2.75, 3.05) is 36.0 Å². The first kappa shape index (κ1) is 14.8. The van der Waals surface area contributed by atoms with Crippen molar-refractivity contribution in [1.29, 1.82) is 0 Å². The largest absolute Gasteiger partial charge is 0.382 e. The number of nitrogens with two attached hydrogens (primary N) is 1. The molecule has 116 valence electrons. The number of anilines is 2. The minimum Gasteiger partial charge on any atom is -0.382 e. The summed E-state index contributed by atoms with van der Waals surface area (Å²) in [7, 11) is -3.09. The van der Waals surface area contributed by atoms with Gasteiger partial charge in [-0.1, -0.05) is 11.6 Å². The van der Waals surface area contributed by atoms with Crippen LogP contribution < -0.4 is 10.6 Å². The second-order valence-corrected chi connectivity index (χ2v) is 7.84. The molecule has 0 aliphatic carbocycles. The van der Waals surface area contributed by atoms with E-state index in [1.165, 1.54) is 6.33 Å². The number of nitrogen functional groups attached to an aromatic ring is 1. The summed E-state index contributed by atoms with van der Waals surface area (Å²) in [5, 5.41) is 0.336. The summed E-state index contributed by atoms with van der Waals surface area (Å²) < 4.78 is 25.8. The lowest BCUT2D eigenvalue weighted by atomic mass is 10.1. The summed E-state index contributed by atoms with van der Waals surface area (Å²) in [6.07, 6.45) is 3.86. The average Bonchev–Trinajstić information content (AvgIpc) is 2.81. The molecule has 2 aliphatic heterocycles. The van der Waals surface area contributed by atoms with Gasteiger partial charge in [0.15, 0.2) is 5.82 Å². The van der Waals surface area contributed by atoms with Crippen molar-refractivity contribution < 1.29 is 8.42 Å². The normalized spacial score (nSPS) is 26.1. The molecular formula is C12H18ClN5O2S. The van der Waals surface area contributed by atoms with E-state index in [0.717, 1.165) is 19.4 Å². The van der Waals surface area contributed by atoms with Crippen molar-refractivity contribution >= 4 is 33.3 Å². The molecule has 21 heavy (non-hydrogen) atoms. The average molecular weight is 332 g/mol. The number of halogens is 1. The fraction of sp³-hybridized carbons (Fsp3) is 0.667. The molecule has 0 bridgehead atoms. The Morgan fingerprint density at radius 1 is 1.29 bits per heavy atom. The molecule has 2 aliphatic rings. The molecular weight excluding hydrogens is 314 g/mol. The van der Waals surface area contributed by atoms with Gasteiger partial charge in [0.25, 0.3) is 0 Å². The number of sulfonamides is 1. The predicted octanol–water partition coefficient (Wildman–Crippen LogP) is 0.717. The van der Waals surface area contributed by atoms with Crippen LogP contribution in [-0.2, 0) is 10.0 Å². The number of piperidine rings is 1. The van der Waals surface area contributed by atoms with E-state index in [0.29, 0.717) is 30.4 Å². The molecule has 1 aromatic rings. The van der Waals surface area contributed by atoms with Crippen molar-refractivity contribution in [3.05, 3.63) is 11.3 Å². The molecule has 1 aromatic heterocycles. The third-order valence-corrected chi connectivity index (χ3v) is 6.40. The maximum atomic E-state index is 12.1. The van der Waals surface area contributed by atoms with Crippen LogP contribution in [0.5, 0.6) is 0 Å². The lowest BCUT2D eigenvalue weighted by molar-refractivity contribution is 0.298. The van der Waals surface area contributed by atoms with Crippen LogP contribution in [0.2, 0.25) is 5.02 Å². The zero-order valence-corrected chi connectivity index (χ0v) is 13.1. The zero-order valence-electron chi connectivity index (χ0n) is 11.6. The van der Waals surface area contributed by atoms with Gasteiger partial charge in [0.05, 0.1) is 5.75 Å². The van der Waals surface area contributed by atoms with Gasteiger partial charge in [0.2, 0.25) is 10.0 Å². The lowest BCUT2D eigenvalue weighted by Crippen LogP contribution is -2.48. The van der Waals surface area contributed by atoms with Crippen LogP contribution in [-0.4, -0.2) is 54.1 Å². The molecule has 0 spiro atoms. The maximum Gasteiger partial charge on any atom is 0.214 e. The van der Waals surface area contributed by atoms with Crippen LogP contribution in [0.3, 0.4) is 0 Å². The highest BCUT2D eigenvalue weighted by Gasteiger charge is 2.37. The molecule has 3 rings (SSSR count). The van der Waals surface area contributed by atoms with Gasteiger partial charge in [0, 0.05) is 25.7 Å². The van der Waals surface area contributed by atoms with Gasteiger partial charge in [0.1, 0.15) is 17.2 Å². The molecule has 0 aromatic carbocycles. The molecule has 2 N–H and O–H groups in total. The summed E-state index contributed by atoms with van der Waals surface area (Å²) in [5.41, 5.74) is 5.71. The van der Waals surface area contributed by atoms with Crippen molar-refractivity contribution in [2.45, 2.75) is 25.3 Å². The van der Waals surface area contributed by atoms with E-state index >= 15 is 0 Å². The van der Waals surface area contributed by atoms with Crippen LogP contribution in [0.25, 0.3) is 0 Å². The molecule has 3 heterocycles. The highest BCUT2D eigenvalue weighted by atomic mass is 35.5. The Morgan fingerprint density at radius 2 is 2.10 bits per heavy atom. The van der Waals surface area contributed by atoms with Crippen LogP contribution in [0.4, 0.5) is 11.6 Å². The SMILES string of the molecule is Nc1ncnc(N2CCCC(N3CCCS3(=O)=O)C2)c1Cl. The molecule has 0 amide bonds. The summed E-state index contributed by atoms with van der Waals surface area (Å²) in [6.45, 7) is 2.00. The standard InChI is InChI=1S/C12H18ClN5O2S/c13-10-11(14)15-8-16-12(10)17-4-1-3-9(7-17)18-5-2-6-21(18,19)20/h8-9H,1-7H2,(H2,14,15,16). The van der Waals surface area contributed by atoms with Gasteiger partial charge in [-0.3, -0.25) is 0 Å². The van der Waals surface area contributed by atoms with E-state index in [2.05, 4.69) is 9.97 Å². The summed E-state index contributed by atoms with van der Waals surface area (Å²) in [4.78, 5) is 10.1. The summed E-state index contributed by atoms with van der Waals surface area (Å²) in [5.74, 6) is 1.09. The van der Waals surface area contributed by atoms with Gasteiger partial charge in [-0.05, 0) is 19.3 Å². The first-order valence-electron chi connectivity index (χ1n) is 6.99. The van der Waals surface area contributed by atoms with Crippen molar-refractivity contribution in [2.24, 2.45) is 0 Å². The van der Waals surface area contributed by atoms with Gasteiger partial charge >= 0.3 is 0 Å². The van der Waals surface area contributed by atoms with Crippen molar-refractivity contribution in [3.63, 3.8) is 0 Å². The summed E-state index contributed by atoms with van der Waals surface area (Å²) in [6, 6.07) is -0.0153. The molecule has 1 unspecified atom stereocenters. The second kappa shape index (κ2) is 5.58. The number of rotatable bonds is 2. The molecule has 0 saturated carbocycles. The fourth-order valence-corrected chi connectivity index (χ4v) is 5.02. The highest BCUT2D eigenvalue weighted by molar-refractivity contribution is 7.89.